The van der Waals surface area contributed by atoms with Gasteiger partial charge in [0.15, 0.2) is 0 Å². The number of rotatable bonds is 3. The van der Waals surface area contributed by atoms with E-state index in [4.69, 9.17) is 11.6 Å². The molecule has 0 aromatic carbocycles. The molecule has 0 saturated heterocycles. The molecule has 0 aliphatic heterocycles. The lowest BCUT2D eigenvalue weighted by Crippen LogP contribution is -2.01. The van der Waals surface area contributed by atoms with Crippen LogP contribution in [0.5, 0.6) is 0 Å². The molecule has 2 heterocycles. The summed E-state index contributed by atoms with van der Waals surface area (Å²) in [6, 6.07) is 1.83. The van der Waals surface area contributed by atoms with Crippen LogP contribution in [0.4, 0.5) is 5.82 Å². The normalized spacial score (nSPS) is 10.4. The molecular formula is C11H10BrClN2S. The summed E-state index contributed by atoms with van der Waals surface area (Å²) >= 11 is 11.1. The molecule has 2 nitrogen and oxygen atoms in total. The first kappa shape index (κ1) is 11.9. The zero-order valence-corrected chi connectivity index (χ0v) is 11.8. The van der Waals surface area contributed by atoms with Gasteiger partial charge in [-0.3, -0.25) is 0 Å². The second kappa shape index (κ2) is 5.17. The molecule has 0 radical (unpaired) electrons. The Morgan fingerprint density at radius 2 is 2.31 bits per heavy atom. The Morgan fingerprint density at radius 3 is 2.94 bits per heavy atom. The van der Waals surface area contributed by atoms with Crippen LogP contribution in [0.1, 0.15) is 11.1 Å². The van der Waals surface area contributed by atoms with Crippen molar-refractivity contribution in [1.29, 1.82) is 0 Å². The number of nitrogens with one attached hydrogen (secondary N) is 1. The quantitative estimate of drug-likeness (QED) is 0.903. The maximum Gasteiger partial charge on any atom is 0.145 e. The van der Waals surface area contributed by atoms with Crippen LogP contribution in [0.2, 0.25) is 5.02 Å². The minimum absolute atomic E-state index is 0.627. The molecular weight excluding hydrogens is 308 g/mol. The van der Waals surface area contributed by atoms with Gasteiger partial charge in [-0.05, 0) is 50.8 Å². The van der Waals surface area contributed by atoms with Gasteiger partial charge in [0.05, 0.1) is 5.02 Å². The van der Waals surface area contributed by atoms with Gasteiger partial charge in [-0.2, -0.15) is 11.3 Å². The van der Waals surface area contributed by atoms with Gasteiger partial charge in [0.2, 0.25) is 0 Å². The molecule has 0 bridgehead atoms. The summed E-state index contributed by atoms with van der Waals surface area (Å²) in [6.07, 6.45) is 1.73. The lowest BCUT2D eigenvalue weighted by atomic mass is 10.2. The van der Waals surface area contributed by atoms with Crippen molar-refractivity contribution in [2.45, 2.75) is 13.5 Å². The van der Waals surface area contributed by atoms with E-state index in [2.05, 4.69) is 43.9 Å². The first-order chi connectivity index (χ1) is 7.66. The Balaban J connectivity index is 2.08. The van der Waals surface area contributed by atoms with Gasteiger partial charge < -0.3 is 5.32 Å². The molecule has 1 N–H and O–H groups in total. The van der Waals surface area contributed by atoms with Crippen molar-refractivity contribution in [1.82, 2.24) is 4.98 Å². The van der Waals surface area contributed by atoms with E-state index in [0.717, 1.165) is 16.8 Å². The van der Waals surface area contributed by atoms with Crippen molar-refractivity contribution < 1.29 is 0 Å². The number of hydrogen-bond acceptors (Lipinski definition) is 3. The molecule has 0 aliphatic rings. The Hall–Kier alpha value is -0.580. The number of thiophene rings is 1. The van der Waals surface area contributed by atoms with Crippen LogP contribution < -0.4 is 5.32 Å². The number of aryl methyl sites for hydroxylation is 1. The van der Waals surface area contributed by atoms with Crippen LogP contribution in [-0.4, -0.2) is 4.98 Å². The van der Waals surface area contributed by atoms with E-state index >= 15 is 0 Å². The van der Waals surface area contributed by atoms with Crippen molar-refractivity contribution in [3.63, 3.8) is 0 Å². The van der Waals surface area contributed by atoms with Crippen LogP contribution >= 0.6 is 38.9 Å². The first-order valence-electron chi connectivity index (χ1n) is 4.73. The van der Waals surface area contributed by atoms with Crippen LogP contribution in [0.3, 0.4) is 0 Å². The summed E-state index contributed by atoms with van der Waals surface area (Å²) < 4.78 is 0.884. The Kier molecular flexibility index (Phi) is 3.84. The van der Waals surface area contributed by atoms with Gasteiger partial charge >= 0.3 is 0 Å². The number of nitrogens with zero attached hydrogens (tertiary/aromatic N) is 1. The highest BCUT2D eigenvalue weighted by Gasteiger charge is 2.04. The highest BCUT2D eigenvalue weighted by atomic mass is 79.9. The van der Waals surface area contributed by atoms with Gasteiger partial charge in [-0.25, -0.2) is 4.98 Å². The van der Waals surface area contributed by atoms with Crippen molar-refractivity contribution >= 4 is 44.7 Å². The molecule has 0 saturated carbocycles. The number of aromatic nitrogens is 1. The average Bonchev–Trinajstić information content (AvgIpc) is 2.63. The van der Waals surface area contributed by atoms with Crippen molar-refractivity contribution in [3.8, 4) is 0 Å². The monoisotopic (exact) mass is 316 g/mol. The summed E-state index contributed by atoms with van der Waals surface area (Å²) in [5, 5.41) is 8.12. The molecule has 0 spiro atoms. The van der Waals surface area contributed by atoms with Crippen LogP contribution in [0, 0.1) is 6.92 Å². The minimum Gasteiger partial charge on any atom is -0.365 e. The zero-order chi connectivity index (χ0) is 11.5. The average molecular weight is 318 g/mol. The van der Waals surface area contributed by atoms with E-state index in [0.29, 0.717) is 5.02 Å². The van der Waals surface area contributed by atoms with Crippen molar-refractivity contribution in [3.05, 3.63) is 43.6 Å². The number of hydrogen-bond donors (Lipinski definition) is 1. The standard InChI is InChI=1S/C11H10BrClN2S/c1-7-5-16-6-8(7)3-14-11-10(13)2-9(12)4-15-11/h2,4-6H,3H2,1H3,(H,14,15). The third-order valence-corrected chi connectivity index (χ3v) is 3.85. The van der Waals surface area contributed by atoms with Gasteiger partial charge in [0.25, 0.3) is 0 Å². The maximum atomic E-state index is 6.06. The van der Waals surface area contributed by atoms with Crippen LogP contribution in [-0.2, 0) is 6.54 Å². The van der Waals surface area contributed by atoms with Gasteiger partial charge in [-0.15, -0.1) is 0 Å². The lowest BCUT2D eigenvalue weighted by Gasteiger charge is -2.07. The molecule has 2 aromatic heterocycles. The summed E-state index contributed by atoms with van der Waals surface area (Å²) in [7, 11) is 0. The Morgan fingerprint density at radius 1 is 1.50 bits per heavy atom. The largest absolute Gasteiger partial charge is 0.365 e. The SMILES string of the molecule is Cc1cscc1CNc1ncc(Br)cc1Cl. The number of anilines is 1. The second-order valence-corrected chi connectivity index (χ2v) is 5.48. The molecule has 0 unspecified atom stereocenters. The zero-order valence-electron chi connectivity index (χ0n) is 8.63. The molecule has 0 amide bonds. The highest BCUT2D eigenvalue weighted by molar-refractivity contribution is 9.10. The predicted octanol–water partition coefficient (Wildman–Crippen LogP) is 4.48. The molecule has 0 aliphatic carbocycles. The second-order valence-electron chi connectivity index (χ2n) is 3.42. The molecule has 16 heavy (non-hydrogen) atoms. The van der Waals surface area contributed by atoms with Crippen LogP contribution in [0.25, 0.3) is 0 Å². The third kappa shape index (κ3) is 2.75. The maximum absolute atomic E-state index is 6.06. The molecule has 0 fully saturated rings. The fourth-order valence-electron chi connectivity index (χ4n) is 1.29. The smallest absolute Gasteiger partial charge is 0.145 e. The summed E-state index contributed by atoms with van der Waals surface area (Å²) in [5.41, 5.74) is 2.58. The van der Waals surface area contributed by atoms with Gasteiger partial charge in [0.1, 0.15) is 5.82 Å². The van der Waals surface area contributed by atoms with Gasteiger partial charge in [-0.1, -0.05) is 11.6 Å². The fourth-order valence-corrected chi connectivity index (χ4v) is 2.84. The van der Waals surface area contributed by atoms with E-state index in [-0.39, 0.29) is 0 Å². The molecule has 5 heteroatoms. The molecule has 0 atom stereocenters. The Bertz CT molecular complexity index is 498. The number of halogens is 2. The summed E-state index contributed by atoms with van der Waals surface area (Å²) in [6.45, 7) is 2.85. The highest BCUT2D eigenvalue weighted by Crippen LogP contribution is 2.24. The van der Waals surface area contributed by atoms with Gasteiger partial charge in [0, 0.05) is 17.2 Å². The minimum atomic E-state index is 0.627. The lowest BCUT2D eigenvalue weighted by molar-refractivity contribution is 1.10. The van der Waals surface area contributed by atoms with E-state index in [9.17, 15) is 0 Å². The van der Waals surface area contributed by atoms with Crippen molar-refractivity contribution in [2.24, 2.45) is 0 Å². The molecule has 84 valence electrons. The van der Waals surface area contributed by atoms with E-state index in [1.807, 2.05) is 6.07 Å². The summed E-state index contributed by atoms with van der Waals surface area (Å²) in [5.74, 6) is 0.718. The first-order valence-corrected chi connectivity index (χ1v) is 6.85. The topological polar surface area (TPSA) is 24.9 Å². The predicted molar refractivity (Wildman–Crippen MR) is 73.3 cm³/mol. The van der Waals surface area contributed by atoms with Crippen molar-refractivity contribution in [2.75, 3.05) is 5.32 Å². The number of pyridine rings is 1. The Labute approximate surface area is 112 Å². The molecule has 2 aromatic rings. The fraction of sp³-hybridized carbons (Fsp3) is 0.182. The molecule has 2 rings (SSSR count). The summed E-state index contributed by atoms with van der Waals surface area (Å²) in [4.78, 5) is 4.22. The van der Waals surface area contributed by atoms with E-state index in [1.54, 1.807) is 17.5 Å². The van der Waals surface area contributed by atoms with Crippen LogP contribution in [0.15, 0.2) is 27.5 Å². The third-order valence-electron chi connectivity index (χ3n) is 2.22. The van der Waals surface area contributed by atoms with E-state index < -0.39 is 0 Å². The van der Waals surface area contributed by atoms with E-state index in [1.165, 1.54) is 11.1 Å².